The highest BCUT2D eigenvalue weighted by Crippen LogP contribution is 2.36. The molecule has 1 saturated heterocycles. The Bertz CT molecular complexity index is 1180. The number of aromatic carboxylic acids is 1. The second-order valence-electron chi connectivity index (χ2n) is 8.24. The summed E-state index contributed by atoms with van der Waals surface area (Å²) in [6.07, 6.45) is 2.06. The van der Waals surface area contributed by atoms with Crippen molar-refractivity contribution < 1.29 is 14.6 Å². The molecule has 8 heteroatoms. The van der Waals surface area contributed by atoms with Crippen LogP contribution in [-0.4, -0.2) is 42.6 Å². The van der Waals surface area contributed by atoms with Gasteiger partial charge in [-0.1, -0.05) is 48.0 Å². The van der Waals surface area contributed by atoms with E-state index in [2.05, 4.69) is 51.2 Å². The first-order chi connectivity index (χ1) is 16.5. The van der Waals surface area contributed by atoms with Gasteiger partial charge in [0.1, 0.15) is 11.6 Å². The molecule has 0 saturated carbocycles. The minimum absolute atomic E-state index is 0.0878. The molecule has 4 rings (SSSR count). The largest absolute Gasteiger partial charge is 0.478 e. The van der Waals surface area contributed by atoms with Crippen molar-refractivity contribution in [2.24, 2.45) is 4.99 Å². The molecule has 1 fully saturated rings. The standard InChI is InChI=1S/C26H27ClN4O3/c1-17-8-9-20(14-21(17)26(32)33)34-16-29-23-15-22(27)25(30-24(23)28-2)31-12-10-19(11-13-31)18-6-4-3-5-7-18/h3-9,14-15,19,29H,2,10-13,16H2,1H3,(H,32,33). The first-order valence-electron chi connectivity index (χ1n) is 11.1. The Hall–Kier alpha value is -3.58. The van der Waals surface area contributed by atoms with E-state index in [1.54, 1.807) is 25.1 Å². The minimum atomic E-state index is -0.992. The summed E-state index contributed by atoms with van der Waals surface area (Å²) >= 11 is 6.60. The molecule has 0 unspecified atom stereocenters. The number of aromatic nitrogens is 1. The molecule has 1 aliphatic rings. The van der Waals surface area contributed by atoms with E-state index in [9.17, 15) is 9.90 Å². The van der Waals surface area contributed by atoms with Gasteiger partial charge in [-0.25, -0.2) is 14.8 Å². The maximum absolute atomic E-state index is 11.3. The lowest BCUT2D eigenvalue weighted by Crippen LogP contribution is -2.33. The highest BCUT2D eigenvalue weighted by atomic mass is 35.5. The van der Waals surface area contributed by atoms with Crippen molar-refractivity contribution >= 4 is 41.6 Å². The van der Waals surface area contributed by atoms with Gasteiger partial charge in [0.05, 0.1) is 16.3 Å². The Labute approximate surface area is 204 Å². The highest BCUT2D eigenvalue weighted by molar-refractivity contribution is 6.33. The van der Waals surface area contributed by atoms with Gasteiger partial charge >= 0.3 is 5.97 Å². The summed E-state index contributed by atoms with van der Waals surface area (Å²) in [7, 11) is 0. The van der Waals surface area contributed by atoms with Crippen LogP contribution in [-0.2, 0) is 0 Å². The van der Waals surface area contributed by atoms with E-state index >= 15 is 0 Å². The number of carbonyl (C=O) groups is 1. The van der Waals surface area contributed by atoms with Crippen LogP contribution < -0.4 is 15.0 Å². The van der Waals surface area contributed by atoms with Gasteiger partial charge in [0.2, 0.25) is 0 Å². The van der Waals surface area contributed by atoms with Crippen LogP contribution in [0.2, 0.25) is 5.02 Å². The van der Waals surface area contributed by atoms with Gasteiger partial charge < -0.3 is 20.1 Å². The predicted octanol–water partition coefficient (Wildman–Crippen LogP) is 5.91. The molecular weight excluding hydrogens is 452 g/mol. The van der Waals surface area contributed by atoms with E-state index in [0.29, 0.717) is 39.6 Å². The fourth-order valence-electron chi connectivity index (χ4n) is 4.21. The van der Waals surface area contributed by atoms with Crippen molar-refractivity contribution in [1.82, 2.24) is 4.98 Å². The van der Waals surface area contributed by atoms with Crippen molar-refractivity contribution in [3.05, 3.63) is 76.3 Å². The number of anilines is 2. The molecule has 0 aliphatic carbocycles. The second kappa shape index (κ2) is 10.6. The summed E-state index contributed by atoms with van der Waals surface area (Å²) in [6.45, 7) is 7.20. The summed E-state index contributed by atoms with van der Waals surface area (Å²) in [6, 6.07) is 17.3. The maximum Gasteiger partial charge on any atom is 0.336 e. The smallest absolute Gasteiger partial charge is 0.336 e. The SMILES string of the molecule is C=Nc1nc(N2CCC(c3ccccc3)CC2)c(Cl)cc1NCOc1ccc(C)c(C(=O)O)c1. The Balaban J connectivity index is 1.41. The maximum atomic E-state index is 11.3. The topological polar surface area (TPSA) is 87.0 Å². The van der Waals surface area contributed by atoms with Crippen LogP contribution in [0.4, 0.5) is 17.3 Å². The molecule has 1 aromatic heterocycles. The van der Waals surface area contributed by atoms with Gasteiger partial charge in [-0.2, -0.15) is 0 Å². The number of piperidine rings is 1. The van der Waals surface area contributed by atoms with Gasteiger partial charge in [0.15, 0.2) is 12.5 Å². The van der Waals surface area contributed by atoms with Crippen molar-refractivity contribution in [2.75, 3.05) is 30.0 Å². The van der Waals surface area contributed by atoms with Crippen molar-refractivity contribution in [3.63, 3.8) is 0 Å². The molecule has 7 nitrogen and oxygen atoms in total. The highest BCUT2D eigenvalue weighted by Gasteiger charge is 2.24. The lowest BCUT2D eigenvalue weighted by molar-refractivity contribution is 0.0695. The Morgan fingerprint density at radius 3 is 2.65 bits per heavy atom. The predicted molar refractivity (Wildman–Crippen MR) is 136 cm³/mol. The fraction of sp³-hybridized carbons (Fsp3) is 0.269. The third-order valence-electron chi connectivity index (χ3n) is 6.09. The molecule has 34 heavy (non-hydrogen) atoms. The third-order valence-corrected chi connectivity index (χ3v) is 6.37. The van der Waals surface area contributed by atoms with Gasteiger partial charge in [0, 0.05) is 13.1 Å². The van der Waals surface area contributed by atoms with Crippen LogP contribution in [0.5, 0.6) is 5.75 Å². The van der Waals surface area contributed by atoms with Crippen molar-refractivity contribution in [1.29, 1.82) is 0 Å². The van der Waals surface area contributed by atoms with Crippen LogP contribution in [0, 0.1) is 6.92 Å². The number of ether oxygens (including phenoxy) is 1. The molecule has 2 heterocycles. The molecule has 1 aliphatic heterocycles. The molecule has 3 aromatic rings. The quantitative estimate of drug-likeness (QED) is 0.309. The van der Waals surface area contributed by atoms with E-state index in [4.69, 9.17) is 16.3 Å². The summed E-state index contributed by atoms with van der Waals surface area (Å²) in [5.74, 6) is 1.12. The minimum Gasteiger partial charge on any atom is -0.478 e. The number of nitrogens with one attached hydrogen (secondary N) is 1. The lowest BCUT2D eigenvalue weighted by atomic mass is 9.89. The Morgan fingerprint density at radius 2 is 1.97 bits per heavy atom. The number of hydrogen-bond donors (Lipinski definition) is 2. The summed E-state index contributed by atoms with van der Waals surface area (Å²) < 4.78 is 5.68. The number of nitrogens with zero attached hydrogens (tertiary/aromatic N) is 3. The van der Waals surface area contributed by atoms with Crippen LogP contribution in [0.3, 0.4) is 0 Å². The zero-order valence-corrected chi connectivity index (χ0v) is 19.8. The van der Waals surface area contributed by atoms with Gasteiger partial charge in [-0.05, 0) is 61.7 Å². The molecule has 2 N–H and O–H groups in total. The number of aliphatic imine (C=N–C) groups is 1. The van der Waals surface area contributed by atoms with Gasteiger partial charge in [0.25, 0.3) is 0 Å². The summed E-state index contributed by atoms with van der Waals surface area (Å²) in [5.41, 5.74) is 2.84. The van der Waals surface area contributed by atoms with E-state index in [0.717, 1.165) is 25.9 Å². The first kappa shape index (κ1) is 23.6. The molecule has 2 aromatic carbocycles. The third kappa shape index (κ3) is 5.31. The van der Waals surface area contributed by atoms with Crippen LogP contribution in [0.15, 0.2) is 59.6 Å². The Morgan fingerprint density at radius 1 is 1.24 bits per heavy atom. The Kier molecular flexibility index (Phi) is 7.33. The van der Waals surface area contributed by atoms with Gasteiger partial charge in [-0.15, -0.1) is 0 Å². The average Bonchev–Trinajstić information content (AvgIpc) is 2.86. The monoisotopic (exact) mass is 478 g/mol. The number of pyridine rings is 1. The number of benzene rings is 2. The number of rotatable bonds is 8. The van der Waals surface area contributed by atoms with E-state index in [-0.39, 0.29) is 12.3 Å². The fourth-order valence-corrected chi connectivity index (χ4v) is 4.48. The molecule has 0 atom stereocenters. The number of halogens is 1. The number of carboxylic acids is 1. The van der Waals surface area contributed by atoms with Crippen LogP contribution >= 0.6 is 11.6 Å². The van der Waals surface area contributed by atoms with Gasteiger partial charge in [-0.3, -0.25) is 0 Å². The number of carboxylic acid groups (broad SMARTS) is 1. The zero-order chi connectivity index (χ0) is 24.1. The molecule has 0 amide bonds. The van der Waals surface area contributed by atoms with Crippen molar-refractivity contribution in [2.45, 2.75) is 25.7 Å². The van der Waals surface area contributed by atoms with E-state index < -0.39 is 5.97 Å². The van der Waals surface area contributed by atoms with Crippen LogP contribution in [0.25, 0.3) is 0 Å². The lowest BCUT2D eigenvalue weighted by Gasteiger charge is -2.33. The van der Waals surface area contributed by atoms with Crippen LogP contribution in [0.1, 0.15) is 40.2 Å². The molecule has 0 bridgehead atoms. The average molecular weight is 479 g/mol. The zero-order valence-electron chi connectivity index (χ0n) is 19.0. The number of aryl methyl sites for hydroxylation is 1. The molecular formula is C26H27ClN4O3. The number of hydrogen-bond acceptors (Lipinski definition) is 6. The summed E-state index contributed by atoms with van der Waals surface area (Å²) in [4.78, 5) is 22.2. The molecule has 176 valence electrons. The van der Waals surface area contributed by atoms with E-state index in [1.807, 2.05) is 6.07 Å². The van der Waals surface area contributed by atoms with E-state index in [1.165, 1.54) is 11.6 Å². The first-order valence-corrected chi connectivity index (χ1v) is 11.5. The van der Waals surface area contributed by atoms with Crippen molar-refractivity contribution in [3.8, 4) is 5.75 Å². The normalized spacial score (nSPS) is 14.0. The molecule has 0 radical (unpaired) electrons. The summed E-state index contributed by atoms with van der Waals surface area (Å²) in [5, 5.41) is 12.9. The molecule has 0 spiro atoms. The second-order valence-corrected chi connectivity index (χ2v) is 8.65.